The Morgan fingerprint density at radius 3 is 2.67 bits per heavy atom. The predicted octanol–water partition coefficient (Wildman–Crippen LogP) is 1.27. The lowest BCUT2D eigenvalue weighted by molar-refractivity contribution is 0.460. The van der Waals surface area contributed by atoms with Gasteiger partial charge in [-0.25, -0.2) is 4.39 Å². The molecule has 0 aromatic heterocycles. The Hall–Kier alpha value is -1.29. The van der Waals surface area contributed by atoms with Crippen LogP contribution in [0.3, 0.4) is 0 Å². The second-order valence-corrected chi connectivity index (χ2v) is 3.69. The molecule has 0 bridgehead atoms. The fourth-order valence-electron chi connectivity index (χ4n) is 1.83. The molecule has 0 spiro atoms. The summed E-state index contributed by atoms with van der Waals surface area (Å²) in [5.41, 5.74) is 1.32. The molecule has 1 aromatic rings. The van der Waals surface area contributed by atoms with Gasteiger partial charge in [-0.2, -0.15) is 0 Å². The Morgan fingerprint density at radius 2 is 2.07 bits per heavy atom. The lowest BCUT2D eigenvalue weighted by atomic mass is 10.2. The van der Waals surface area contributed by atoms with Gasteiger partial charge < -0.3 is 15.3 Å². The van der Waals surface area contributed by atoms with Gasteiger partial charge >= 0.3 is 0 Å². The second-order valence-electron chi connectivity index (χ2n) is 3.69. The second kappa shape index (κ2) is 4.49. The first kappa shape index (κ1) is 10.2. The van der Waals surface area contributed by atoms with E-state index in [9.17, 15) is 9.50 Å². The first-order valence-corrected chi connectivity index (χ1v) is 5.15. The van der Waals surface area contributed by atoms with Crippen molar-refractivity contribution < 1.29 is 9.50 Å². The first-order valence-electron chi connectivity index (χ1n) is 5.15. The van der Waals surface area contributed by atoms with Crippen molar-refractivity contribution in [3.63, 3.8) is 0 Å². The standard InChI is InChI=1S/C11H15FN2O/c12-8-9-1-2-10(11(15)7-9)14-5-3-13-4-6-14/h1-2,7,13,15H,3-6,8H2. The van der Waals surface area contributed by atoms with Crippen molar-refractivity contribution in [2.24, 2.45) is 0 Å². The molecule has 4 heteroatoms. The van der Waals surface area contributed by atoms with Crippen LogP contribution >= 0.6 is 0 Å². The number of aromatic hydroxyl groups is 1. The highest BCUT2D eigenvalue weighted by atomic mass is 19.1. The molecule has 1 fully saturated rings. The highest BCUT2D eigenvalue weighted by Crippen LogP contribution is 2.28. The molecule has 1 aliphatic heterocycles. The molecule has 1 heterocycles. The SMILES string of the molecule is Oc1cc(CF)ccc1N1CCNCC1. The molecule has 0 amide bonds. The average molecular weight is 210 g/mol. The van der Waals surface area contributed by atoms with E-state index in [-0.39, 0.29) is 5.75 Å². The lowest BCUT2D eigenvalue weighted by Crippen LogP contribution is -2.43. The van der Waals surface area contributed by atoms with Gasteiger partial charge in [-0.15, -0.1) is 0 Å². The van der Waals surface area contributed by atoms with Gasteiger partial charge in [-0.3, -0.25) is 0 Å². The average Bonchev–Trinajstić information content (AvgIpc) is 2.30. The third-order valence-corrected chi connectivity index (χ3v) is 2.65. The molecule has 2 rings (SSSR count). The molecule has 0 aliphatic carbocycles. The summed E-state index contributed by atoms with van der Waals surface area (Å²) in [6, 6.07) is 5.00. The van der Waals surface area contributed by atoms with Gasteiger partial charge in [0.05, 0.1) is 5.69 Å². The fraction of sp³-hybridized carbons (Fsp3) is 0.455. The van der Waals surface area contributed by atoms with Crippen molar-refractivity contribution in [2.45, 2.75) is 6.67 Å². The number of phenolic OH excluding ortho intramolecular Hbond substituents is 1. The maximum atomic E-state index is 12.3. The van der Waals surface area contributed by atoms with Crippen LogP contribution in [0.15, 0.2) is 18.2 Å². The first-order chi connectivity index (χ1) is 7.31. The number of phenols is 1. The molecule has 0 saturated carbocycles. The summed E-state index contributed by atoms with van der Waals surface area (Å²) in [5.74, 6) is 0.173. The van der Waals surface area contributed by atoms with E-state index in [1.54, 1.807) is 12.1 Å². The van der Waals surface area contributed by atoms with Gasteiger partial charge in [0.25, 0.3) is 0 Å². The molecule has 0 unspecified atom stereocenters. The highest BCUT2D eigenvalue weighted by Gasteiger charge is 2.13. The van der Waals surface area contributed by atoms with Gasteiger partial charge in [-0.05, 0) is 17.7 Å². The number of hydrogen-bond donors (Lipinski definition) is 2. The molecule has 3 nitrogen and oxygen atoms in total. The van der Waals surface area contributed by atoms with Crippen molar-refractivity contribution in [2.75, 3.05) is 31.1 Å². The van der Waals surface area contributed by atoms with Crippen LogP contribution in [0.2, 0.25) is 0 Å². The monoisotopic (exact) mass is 210 g/mol. The van der Waals surface area contributed by atoms with Crippen molar-refractivity contribution >= 4 is 5.69 Å². The van der Waals surface area contributed by atoms with Gasteiger partial charge in [0.1, 0.15) is 12.4 Å². The van der Waals surface area contributed by atoms with Gasteiger partial charge in [0.2, 0.25) is 0 Å². The Bertz CT molecular complexity index is 337. The largest absolute Gasteiger partial charge is 0.506 e. The fourth-order valence-corrected chi connectivity index (χ4v) is 1.83. The summed E-state index contributed by atoms with van der Waals surface area (Å²) in [5, 5.41) is 13.0. The molecular formula is C11H15FN2O. The molecule has 0 atom stereocenters. The quantitative estimate of drug-likeness (QED) is 0.771. The maximum Gasteiger partial charge on any atom is 0.139 e. The van der Waals surface area contributed by atoms with E-state index in [4.69, 9.17) is 0 Å². The van der Waals surface area contributed by atoms with Crippen LogP contribution in [-0.4, -0.2) is 31.3 Å². The van der Waals surface area contributed by atoms with Gasteiger partial charge in [-0.1, -0.05) is 6.07 Å². The number of halogens is 1. The number of piperazine rings is 1. The van der Waals surface area contributed by atoms with E-state index in [0.29, 0.717) is 5.56 Å². The number of anilines is 1. The van der Waals surface area contributed by atoms with Crippen LogP contribution in [0.5, 0.6) is 5.75 Å². The third kappa shape index (κ3) is 2.21. The van der Waals surface area contributed by atoms with Crippen molar-refractivity contribution in [1.82, 2.24) is 5.32 Å². The van der Waals surface area contributed by atoms with Crippen molar-refractivity contribution in [1.29, 1.82) is 0 Å². The van der Waals surface area contributed by atoms with E-state index in [2.05, 4.69) is 10.2 Å². The topological polar surface area (TPSA) is 35.5 Å². The molecule has 15 heavy (non-hydrogen) atoms. The van der Waals surface area contributed by atoms with Crippen LogP contribution < -0.4 is 10.2 Å². The van der Waals surface area contributed by atoms with Crippen molar-refractivity contribution in [3.8, 4) is 5.75 Å². The summed E-state index contributed by atoms with van der Waals surface area (Å²) >= 11 is 0. The van der Waals surface area contributed by atoms with E-state index in [0.717, 1.165) is 31.9 Å². The van der Waals surface area contributed by atoms with Gasteiger partial charge in [0.15, 0.2) is 0 Å². The smallest absolute Gasteiger partial charge is 0.139 e. The van der Waals surface area contributed by atoms with E-state index in [1.807, 2.05) is 0 Å². The minimum atomic E-state index is -0.532. The zero-order valence-electron chi connectivity index (χ0n) is 8.54. The summed E-state index contributed by atoms with van der Waals surface area (Å²) < 4.78 is 12.3. The Kier molecular flexibility index (Phi) is 3.06. The highest BCUT2D eigenvalue weighted by molar-refractivity contribution is 5.59. The molecule has 1 aliphatic rings. The summed E-state index contributed by atoms with van der Waals surface area (Å²) in [7, 11) is 0. The number of nitrogens with zero attached hydrogens (tertiary/aromatic N) is 1. The minimum absolute atomic E-state index is 0.173. The molecule has 2 N–H and O–H groups in total. The maximum absolute atomic E-state index is 12.3. The third-order valence-electron chi connectivity index (χ3n) is 2.65. The molecule has 82 valence electrons. The zero-order valence-corrected chi connectivity index (χ0v) is 8.54. The molecule has 0 radical (unpaired) electrons. The van der Waals surface area contributed by atoms with E-state index in [1.165, 1.54) is 6.07 Å². The molecule has 1 saturated heterocycles. The predicted molar refractivity (Wildman–Crippen MR) is 58.0 cm³/mol. The normalized spacial score (nSPS) is 16.7. The number of hydrogen-bond acceptors (Lipinski definition) is 3. The number of nitrogens with one attached hydrogen (secondary N) is 1. The van der Waals surface area contributed by atoms with Crippen LogP contribution in [0.1, 0.15) is 5.56 Å². The summed E-state index contributed by atoms with van der Waals surface area (Å²) in [4.78, 5) is 2.11. The van der Waals surface area contributed by atoms with Crippen molar-refractivity contribution in [3.05, 3.63) is 23.8 Å². The van der Waals surface area contributed by atoms with Crippen LogP contribution in [0, 0.1) is 0 Å². The number of rotatable bonds is 2. The van der Waals surface area contributed by atoms with E-state index >= 15 is 0 Å². The van der Waals surface area contributed by atoms with E-state index < -0.39 is 6.67 Å². The summed E-state index contributed by atoms with van der Waals surface area (Å²) in [6.45, 7) is 3.06. The van der Waals surface area contributed by atoms with Crippen LogP contribution in [0.25, 0.3) is 0 Å². The Balaban J connectivity index is 2.19. The minimum Gasteiger partial charge on any atom is -0.506 e. The van der Waals surface area contributed by atoms with Crippen LogP contribution in [-0.2, 0) is 6.67 Å². The lowest BCUT2D eigenvalue weighted by Gasteiger charge is -2.30. The number of alkyl halides is 1. The summed E-state index contributed by atoms with van der Waals surface area (Å²) in [6.07, 6.45) is 0. The Labute approximate surface area is 88.5 Å². The van der Waals surface area contributed by atoms with Gasteiger partial charge in [0, 0.05) is 26.2 Å². The Morgan fingerprint density at radius 1 is 1.33 bits per heavy atom. The van der Waals surface area contributed by atoms with Crippen LogP contribution in [0.4, 0.5) is 10.1 Å². The molecule has 1 aromatic carbocycles. The zero-order chi connectivity index (χ0) is 10.7. The number of benzene rings is 1. The molecular weight excluding hydrogens is 195 g/mol.